The fraction of sp³-hybridized carbons (Fsp3) is 0.312. The molecular formula is C16H19NO5. The van der Waals surface area contributed by atoms with Crippen LogP contribution < -0.4 is 5.32 Å². The second-order valence-corrected chi connectivity index (χ2v) is 4.40. The molecule has 22 heavy (non-hydrogen) atoms. The van der Waals surface area contributed by atoms with Gasteiger partial charge in [-0.1, -0.05) is 19.1 Å². The molecule has 1 rings (SSSR count). The second kappa shape index (κ2) is 9.33. The molecular weight excluding hydrogens is 286 g/mol. The quantitative estimate of drug-likeness (QED) is 0.610. The summed E-state index contributed by atoms with van der Waals surface area (Å²) in [7, 11) is 1.31. The van der Waals surface area contributed by atoms with E-state index in [1.54, 1.807) is 24.3 Å². The monoisotopic (exact) mass is 305 g/mol. The Morgan fingerprint density at radius 3 is 2.45 bits per heavy atom. The van der Waals surface area contributed by atoms with Gasteiger partial charge in [0.05, 0.1) is 12.7 Å². The number of amides is 1. The standard InChI is InChI=1S/C16H19NO5/c1-3-10-17-14(18)11-22-15(19)9-6-12-4-7-13(8-5-12)16(20)21-2/h4-9H,3,10-11H2,1-2H3,(H,17,18)/b9-6+. The average molecular weight is 305 g/mol. The Kier molecular flexibility index (Phi) is 7.39. The summed E-state index contributed by atoms with van der Waals surface area (Å²) in [6, 6.07) is 6.53. The highest BCUT2D eigenvalue weighted by Gasteiger charge is 2.05. The largest absolute Gasteiger partial charge is 0.465 e. The van der Waals surface area contributed by atoms with Gasteiger partial charge in [-0.3, -0.25) is 4.79 Å². The summed E-state index contributed by atoms with van der Waals surface area (Å²) < 4.78 is 9.38. The summed E-state index contributed by atoms with van der Waals surface area (Å²) in [5, 5.41) is 2.60. The van der Waals surface area contributed by atoms with Gasteiger partial charge in [-0.15, -0.1) is 0 Å². The molecule has 0 aliphatic carbocycles. The van der Waals surface area contributed by atoms with E-state index in [-0.39, 0.29) is 12.5 Å². The smallest absolute Gasteiger partial charge is 0.337 e. The highest BCUT2D eigenvalue weighted by molar-refractivity contribution is 5.91. The second-order valence-electron chi connectivity index (χ2n) is 4.40. The van der Waals surface area contributed by atoms with Crippen molar-refractivity contribution in [2.24, 2.45) is 0 Å². The fourth-order valence-corrected chi connectivity index (χ4v) is 1.51. The first kappa shape index (κ1) is 17.4. The van der Waals surface area contributed by atoms with E-state index in [0.29, 0.717) is 12.1 Å². The maximum atomic E-state index is 11.5. The van der Waals surface area contributed by atoms with Crippen molar-refractivity contribution >= 4 is 23.9 Å². The predicted molar refractivity (Wildman–Crippen MR) is 81.1 cm³/mol. The molecule has 0 radical (unpaired) electrons. The molecule has 0 atom stereocenters. The van der Waals surface area contributed by atoms with Crippen molar-refractivity contribution in [3.8, 4) is 0 Å². The molecule has 118 valence electrons. The van der Waals surface area contributed by atoms with Gasteiger partial charge in [-0.2, -0.15) is 0 Å². The summed E-state index contributed by atoms with van der Waals surface area (Å²) >= 11 is 0. The Bertz CT molecular complexity index is 548. The molecule has 1 aromatic carbocycles. The third kappa shape index (κ3) is 6.21. The number of rotatable bonds is 7. The summed E-state index contributed by atoms with van der Waals surface area (Å²) in [5.74, 6) is -1.36. The van der Waals surface area contributed by atoms with Crippen LogP contribution in [0, 0.1) is 0 Å². The van der Waals surface area contributed by atoms with Gasteiger partial charge in [0.2, 0.25) is 0 Å². The van der Waals surface area contributed by atoms with Crippen LogP contribution in [0.2, 0.25) is 0 Å². The van der Waals surface area contributed by atoms with Gasteiger partial charge < -0.3 is 14.8 Å². The van der Waals surface area contributed by atoms with E-state index >= 15 is 0 Å². The van der Waals surface area contributed by atoms with Gasteiger partial charge >= 0.3 is 11.9 Å². The maximum absolute atomic E-state index is 11.5. The third-order valence-corrected chi connectivity index (χ3v) is 2.66. The number of methoxy groups -OCH3 is 1. The van der Waals surface area contributed by atoms with Gasteiger partial charge in [-0.05, 0) is 30.2 Å². The molecule has 1 N–H and O–H groups in total. The van der Waals surface area contributed by atoms with Crippen LogP contribution in [0.4, 0.5) is 0 Å². The Labute approximate surface area is 129 Å². The molecule has 0 heterocycles. The van der Waals surface area contributed by atoms with Crippen molar-refractivity contribution in [2.75, 3.05) is 20.3 Å². The molecule has 0 spiro atoms. The predicted octanol–water partition coefficient (Wildman–Crippen LogP) is 1.56. The molecule has 0 saturated carbocycles. The maximum Gasteiger partial charge on any atom is 0.337 e. The average Bonchev–Trinajstić information content (AvgIpc) is 2.55. The van der Waals surface area contributed by atoms with Crippen molar-refractivity contribution < 1.29 is 23.9 Å². The minimum absolute atomic E-state index is 0.301. The van der Waals surface area contributed by atoms with Crippen LogP contribution in [0.25, 0.3) is 6.08 Å². The van der Waals surface area contributed by atoms with E-state index in [1.807, 2.05) is 6.92 Å². The summed E-state index contributed by atoms with van der Waals surface area (Å²) in [5.41, 5.74) is 1.15. The highest BCUT2D eigenvalue weighted by atomic mass is 16.5. The molecule has 0 bridgehead atoms. The molecule has 0 aliphatic heterocycles. The Morgan fingerprint density at radius 2 is 1.86 bits per heavy atom. The zero-order valence-corrected chi connectivity index (χ0v) is 12.6. The normalized spacial score (nSPS) is 10.3. The van der Waals surface area contributed by atoms with Crippen LogP contribution >= 0.6 is 0 Å². The topological polar surface area (TPSA) is 81.7 Å². The lowest BCUT2D eigenvalue weighted by atomic mass is 10.1. The van der Waals surface area contributed by atoms with Crippen LogP contribution in [0.5, 0.6) is 0 Å². The highest BCUT2D eigenvalue weighted by Crippen LogP contribution is 2.07. The Hall–Kier alpha value is -2.63. The van der Waals surface area contributed by atoms with E-state index in [1.165, 1.54) is 19.3 Å². The van der Waals surface area contributed by atoms with Crippen LogP contribution in [0.15, 0.2) is 30.3 Å². The van der Waals surface area contributed by atoms with Gasteiger partial charge in [0.25, 0.3) is 5.91 Å². The number of ether oxygens (including phenoxy) is 2. The number of hydrogen-bond donors (Lipinski definition) is 1. The van der Waals surface area contributed by atoms with Gasteiger partial charge in [0.15, 0.2) is 6.61 Å². The molecule has 0 aliphatic rings. The number of hydrogen-bond acceptors (Lipinski definition) is 5. The molecule has 1 aromatic rings. The lowest BCUT2D eigenvalue weighted by Gasteiger charge is -2.03. The van der Waals surface area contributed by atoms with E-state index in [4.69, 9.17) is 4.74 Å². The molecule has 0 saturated heterocycles. The SMILES string of the molecule is CCCNC(=O)COC(=O)/C=C/c1ccc(C(=O)OC)cc1. The lowest BCUT2D eigenvalue weighted by molar-refractivity contribution is -0.143. The first-order valence-corrected chi connectivity index (χ1v) is 6.86. The zero-order chi connectivity index (χ0) is 16.4. The fourth-order valence-electron chi connectivity index (χ4n) is 1.51. The molecule has 1 amide bonds. The molecule has 0 unspecified atom stereocenters. The Morgan fingerprint density at radius 1 is 1.18 bits per heavy atom. The van der Waals surface area contributed by atoms with Crippen LogP contribution in [0.3, 0.4) is 0 Å². The van der Waals surface area contributed by atoms with Crippen molar-refractivity contribution in [1.29, 1.82) is 0 Å². The minimum Gasteiger partial charge on any atom is -0.465 e. The van der Waals surface area contributed by atoms with E-state index in [9.17, 15) is 14.4 Å². The third-order valence-electron chi connectivity index (χ3n) is 2.66. The number of nitrogens with one attached hydrogen (secondary N) is 1. The van der Waals surface area contributed by atoms with Crippen LogP contribution in [0.1, 0.15) is 29.3 Å². The van der Waals surface area contributed by atoms with Crippen LogP contribution in [-0.4, -0.2) is 38.1 Å². The van der Waals surface area contributed by atoms with E-state index < -0.39 is 11.9 Å². The number of benzene rings is 1. The van der Waals surface area contributed by atoms with Crippen molar-refractivity contribution in [3.63, 3.8) is 0 Å². The molecule has 6 heteroatoms. The summed E-state index contributed by atoms with van der Waals surface area (Å²) in [6.45, 7) is 2.18. The van der Waals surface area contributed by atoms with Crippen molar-refractivity contribution in [1.82, 2.24) is 5.32 Å². The summed E-state index contributed by atoms with van der Waals surface area (Å²) in [4.78, 5) is 34.0. The van der Waals surface area contributed by atoms with Gasteiger partial charge in [0.1, 0.15) is 0 Å². The van der Waals surface area contributed by atoms with Gasteiger partial charge in [-0.25, -0.2) is 9.59 Å². The first-order valence-electron chi connectivity index (χ1n) is 6.86. The number of esters is 2. The molecule has 0 aromatic heterocycles. The lowest BCUT2D eigenvalue weighted by Crippen LogP contribution is -2.28. The molecule has 6 nitrogen and oxygen atoms in total. The zero-order valence-electron chi connectivity index (χ0n) is 12.6. The summed E-state index contributed by atoms with van der Waals surface area (Å²) in [6.07, 6.45) is 3.58. The van der Waals surface area contributed by atoms with Crippen molar-refractivity contribution in [3.05, 3.63) is 41.5 Å². The van der Waals surface area contributed by atoms with Crippen LogP contribution in [-0.2, 0) is 19.1 Å². The van der Waals surface area contributed by atoms with E-state index in [0.717, 1.165) is 12.0 Å². The number of carbonyl (C=O) groups excluding carboxylic acids is 3. The minimum atomic E-state index is -0.608. The van der Waals surface area contributed by atoms with E-state index in [2.05, 4.69) is 10.1 Å². The van der Waals surface area contributed by atoms with Gasteiger partial charge in [0, 0.05) is 12.6 Å². The Balaban J connectivity index is 2.45. The first-order chi connectivity index (χ1) is 10.6. The number of carbonyl (C=O) groups is 3. The van der Waals surface area contributed by atoms with Crippen molar-refractivity contribution in [2.45, 2.75) is 13.3 Å². The molecule has 0 fully saturated rings.